The Bertz CT molecular complexity index is 386. The predicted molar refractivity (Wildman–Crippen MR) is 71.9 cm³/mol. The summed E-state index contributed by atoms with van der Waals surface area (Å²) in [5, 5.41) is 4.29. The first-order valence-corrected chi connectivity index (χ1v) is 7.18. The largest absolute Gasteiger partial charge is 0.481 e. The van der Waals surface area contributed by atoms with Crippen molar-refractivity contribution in [2.75, 3.05) is 18.7 Å². The highest BCUT2D eigenvalue weighted by Crippen LogP contribution is 2.31. The number of thioether (sulfide) groups is 1. The van der Waals surface area contributed by atoms with E-state index in [1.165, 1.54) is 19.3 Å². The Morgan fingerprint density at radius 3 is 2.88 bits per heavy atom. The minimum Gasteiger partial charge on any atom is -0.481 e. The molecule has 1 aliphatic rings. The summed E-state index contributed by atoms with van der Waals surface area (Å²) in [5.41, 5.74) is 0.989. The van der Waals surface area contributed by atoms with E-state index in [1.54, 1.807) is 13.4 Å². The van der Waals surface area contributed by atoms with Crippen LogP contribution in [-0.4, -0.2) is 34.6 Å². The number of rotatable bonds is 4. The molecule has 2 rings (SSSR count). The van der Waals surface area contributed by atoms with Crippen molar-refractivity contribution in [1.82, 2.24) is 9.97 Å². The van der Waals surface area contributed by atoms with Gasteiger partial charge in [-0.3, -0.25) is 0 Å². The molecule has 17 heavy (non-hydrogen) atoms. The van der Waals surface area contributed by atoms with Crippen LogP contribution in [0.2, 0.25) is 0 Å². The second-order valence-corrected chi connectivity index (χ2v) is 5.51. The lowest BCUT2D eigenvalue weighted by Crippen LogP contribution is -2.18. The molecule has 94 valence electrons. The lowest BCUT2D eigenvalue weighted by molar-refractivity contribution is 0.393. The molecule has 0 radical (unpaired) electrons. The van der Waals surface area contributed by atoms with Gasteiger partial charge in [-0.1, -0.05) is 0 Å². The van der Waals surface area contributed by atoms with Gasteiger partial charge < -0.3 is 10.1 Å². The number of methoxy groups -OCH3 is 1. The number of hydrogen-bond acceptors (Lipinski definition) is 5. The molecule has 0 saturated heterocycles. The van der Waals surface area contributed by atoms with Gasteiger partial charge in [0, 0.05) is 11.3 Å². The minimum absolute atomic E-state index is 0.533. The Balaban J connectivity index is 2.04. The Labute approximate surface area is 107 Å². The third-order valence-electron chi connectivity index (χ3n) is 3.29. The van der Waals surface area contributed by atoms with Crippen molar-refractivity contribution in [3.05, 3.63) is 11.9 Å². The van der Waals surface area contributed by atoms with Crippen LogP contribution in [0.5, 0.6) is 5.88 Å². The average Bonchev–Trinajstić information content (AvgIpc) is 2.79. The van der Waals surface area contributed by atoms with E-state index in [4.69, 9.17) is 4.74 Å². The third-order valence-corrected chi connectivity index (χ3v) is 4.38. The Hall–Kier alpha value is -0.970. The van der Waals surface area contributed by atoms with E-state index in [0.29, 0.717) is 11.9 Å². The van der Waals surface area contributed by atoms with Gasteiger partial charge in [-0.15, -0.1) is 0 Å². The van der Waals surface area contributed by atoms with E-state index < -0.39 is 0 Å². The highest BCUT2D eigenvalue weighted by Gasteiger charge is 2.24. The molecule has 1 aliphatic carbocycles. The van der Waals surface area contributed by atoms with Gasteiger partial charge in [-0.25, -0.2) is 9.97 Å². The van der Waals surface area contributed by atoms with Gasteiger partial charge in [0.05, 0.1) is 12.7 Å². The molecule has 1 N–H and O–H groups in total. The lowest BCUT2D eigenvalue weighted by atomic mass is 10.2. The van der Waals surface area contributed by atoms with E-state index in [0.717, 1.165) is 16.6 Å². The zero-order valence-corrected chi connectivity index (χ0v) is 11.4. The molecule has 0 spiro atoms. The van der Waals surface area contributed by atoms with Crippen molar-refractivity contribution < 1.29 is 4.74 Å². The fraction of sp³-hybridized carbons (Fsp3) is 0.667. The summed E-state index contributed by atoms with van der Waals surface area (Å²) in [6.07, 6.45) is 7.46. The molecule has 2 atom stereocenters. The first kappa shape index (κ1) is 12.5. The molecule has 4 nitrogen and oxygen atoms in total. The molecule has 5 heteroatoms. The Morgan fingerprint density at radius 2 is 2.24 bits per heavy atom. The van der Waals surface area contributed by atoms with E-state index >= 15 is 0 Å². The summed E-state index contributed by atoms with van der Waals surface area (Å²) in [6, 6.07) is 0.533. The van der Waals surface area contributed by atoms with Crippen LogP contribution in [0.15, 0.2) is 6.33 Å². The summed E-state index contributed by atoms with van der Waals surface area (Å²) in [5.74, 6) is 1.56. The van der Waals surface area contributed by atoms with Gasteiger partial charge in [0.25, 0.3) is 0 Å². The van der Waals surface area contributed by atoms with Gasteiger partial charge in [0.15, 0.2) is 0 Å². The van der Waals surface area contributed by atoms with Gasteiger partial charge in [0.1, 0.15) is 12.1 Å². The van der Waals surface area contributed by atoms with Gasteiger partial charge in [-0.2, -0.15) is 11.8 Å². The highest BCUT2D eigenvalue weighted by molar-refractivity contribution is 7.99. The van der Waals surface area contributed by atoms with E-state index in [1.807, 2.05) is 18.7 Å². The molecular formula is C12H19N3OS. The second-order valence-electron chi connectivity index (χ2n) is 4.37. The van der Waals surface area contributed by atoms with Crippen LogP contribution in [0.1, 0.15) is 24.8 Å². The maximum atomic E-state index is 5.20. The molecule has 0 bridgehead atoms. The van der Waals surface area contributed by atoms with Crippen LogP contribution in [0.3, 0.4) is 0 Å². The monoisotopic (exact) mass is 253 g/mol. The normalized spacial score (nSPS) is 23.7. The zero-order chi connectivity index (χ0) is 12.3. The first-order chi connectivity index (χ1) is 8.24. The summed E-state index contributed by atoms with van der Waals surface area (Å²) in [6.45, 7) is 1.99. The van der Waals surface area contributed by atoms with Crippen LogP contribution in [0, 0.1) is 6.92 Å². The fourth-order valence-corrected chi connectivity index (χ4v) is 3.06. The maximum Gasteiger partial charge on any atom is 0.221 e. The van der Waals surface area contributed by atoms with Crippen molar-refractivity contribution in [1.29, 1.82) is 0 Å². The van der Waals surface area contributed by atoms with Gasteiger partial charge >= 0.3 is 0 Å². The van der Waals surface area contributed by atoms with Crippen LogP contribution >= 0.6 is 11.8 Å². The van der Waals surface area contributed by atoms with Gasteiger partial charge in [-0.05, 0) is 32.4 Å². The number of anilines is 1. The van der Waals surface area contributed by atoms with Crippen LogP contribution in [0.25, 0.3) is 0 Å². The lowest BCUT2D eigenvalue weighted by Gasteiger charge is -2.15. The molecule has 1 fully saturated rings. The molecule has 1 aromatic rings. The molecule has 0 aliphatic heterocycles. The quantitative estimate of drug-likeness (QED) is 0.893. The number of aromatic nitrogens is 2. The number of nitrogens with one attached hydrogen (secondary N) is 1. The molecule has 2 unspecified atom stereocenters. The predicted octanol–water partition coefficient (Wildman–Crippen LogP) is 2.49. The summed E-state index contributed by atoms with van der Waals surface area (Å²) >= 11 is 1.96. The maximum absolute atomic E-state index is 5.20. The van der Waals surface area contributed by atoms with Crippen LogP contribution in [0.4, 0.5) is 5.82 Å². The van der Waals surface area contributed by atoms with E-state index in [-0.39, 0.29) is 0 Å². The Morgan fingerprint density at radius 1 is 1.41 bits per heavy atom. The number of nitrogens with zero attached hydrogens (tertiary/aromatic N) is 2. The standard InChI is InChI=1S/C12H19N3OS/c1-8-11(13-7-14-12(8)16-2)15-9-4-5-10(6-9)17-3/h7,9-10H,4-6H2,1-3H3,(H,13,14,15). The van der Waals surface area contributed by atoms with Crippen molar-refractivity contribution in [3.8, 4) is 5.88 Å². The van der Waals surface area contributed by atoms with Gasteiger partial charge in [0.2, 0.25) is 5.88 Å². The first-order valence-electron chi connectivity index (χ1n) is 5.89. The average molecular weight is 253 g/mol. The molecular weight excluding hydrogens is 234 g/mol. The minimum atomic E-state index is 0.533. The van der Waals surface area contributed by atoms with Crippen molar-refractivity contribution in [2.45, 2.75) is 37.5 Å². The molecule has 1 heterocycles. The highest BCUT2D eigenvalue weighted by atomic mass is 32.2. The smallest absolute Gasteiger partial charge is 0.221 e. The van der Waals surface area contributed by atoms with Crippen LogP contribution < -0.4 is 10.1 Å². The summed E-state index contributed by atoms with van der Waals surface area (Å²) in [7, 11) is 1.64. The molecule has 0 amide bonds. The summed E-state index contributed by atoms with van der Waals surface area (Å²) < 4.78 is 5.20. The van der Waals surface area contributed by atoms with Crippen molar-refractivity contribution >= 4 is 17.6 Å². The van der Waals surface area contributed by atoms with E-state index in [9.17, 15) is 0 Å². The third kappa shape index (κ3) is 2.83. The Kier molecular flexibility index (Phi) is 4.10. The number of ether oxygens (including phenoxy) is 1. The molecule has 0 aromatic carbocycles. The molecule has 1 saturated carbocycles. The fourth-order valence-electron chi connectivity index (χ4n) is 2.26. The van der Waals surface area contributed by atoms with Crippen molar-refractivity contribution in [2.24, 2.45) is 0 Å². The SMILES string of the molecule is COc1ncnc(NC2CCC(SC)C2)c1C. The van der Waals surface area contributed by atoms with E-state index in [2.05, 4.69) is 21.5 Å². The van der Waals surface area contributed by atoms with Crippen LogP contribution in [-0.2, 0) is 0 Å². The topological polar surface area (TPSA) is 47.0 Å². The zero-order valence-electron chi connectivity index (χ0n) is 10.6. The second kappa shape index (κ2) is 5.58. The van der Waals surface area contributed by atoms with Crippen molar-refractivity contribution in [3.63, 3.8) is 0 Å². The molecule has 1 aromatic heterocycles. The number of hydrogen-bond donors (Lipinski definition) is 1. The summed E-state index contributed by atoms with van der Waals surface area (Å²) in [4.78, 5) is 8.38.